The second kappa shape index (κ2) is 5.05. The van der Waals surface area contributed by atoms with Gasteiger partial charge in [-0.15, -0.1) is 22.7 Å². The summed E-state index contributed by atoms with van der Waals surface area (Å²) < 4.78 is 0.787. The van der Waals surface area contributed by atoms with Gasteiger partial charge >= 0.3 is 0 Å². The summed E-state index contributed by atoms with van der Waals surface area (Å²) in [4.78, 5) is 6.40. The molecule has 0 aliphatic rings. The van der Waals surface area contributed by atoms with Crippen molar-refractivity contribution in [1.29, 1.82) is 0 Å². The van der Waals surface area contributed by atoms with Gasteiger partial charge in [-0.3, -0.25) is 16.3 Å². The van der Waals surface area contributed by atoms with E-state index >= 15 is 0 Å². The minimum Gasteiger partial charge on any atom is -0.271 e. The number of nitrogens with two attached hydrogens (primary N) is 1. The van der Waals surface area contributed by atoms with E-state index in [4.69, 9.17) is 17.4 Å². The molecule has 3 N–H and O–H groups in total. The number of hydrazine groups is 1. The Morgan fingerprint density at radius 2 is 2.40 bits per heavy atom. The van der Waals surface area contributed by atoms with Crippen molar-refractivity contribution in [1.82, 2.24) is 10.4 Å². The monoisotopic (exact) mass is 259 g/mol. The van der Waals surface area contributed by atoms with Crippen molar-refractivity contribution < 1.29 is 0 Å². The second-order valence-electron chi connectivity index (χ2n) is 3.03. The van der Waals surface area contributed by atoms with Crippen molar-refractivity contribution in [3.8, 4) is 0 Å². The fraction of sp³-hybridized carbons (Fsp3) is 0.222. The van der Waals surface area contributed by atoms with E-state index in [0.717, 1.165) is 15.6 Å². The third-order valence-corrected chi connectivity index (χ3v) is 4.17. The van der Waals surface area contributed by atoms with Crippen molar-refractivity contribution in [2.75, 3.05) is 0 Å². The van der Waals surface area contributed by atoms with E-state index in [0.29, 0.717) is 0 Å². The van der Waals surface area contributed by atoms with Gasteiger partial charge in [0.15, 0.2) is 0 Å². The first-order valence-electron chi connectivity index (χ1n) is 4.38. The number of nitrogens with one attached hydrogen (secondary N) is 1. The highest BCUT2D eigenvalue weighted by atomic mass is 35.5. The van der Waals surface area contributed by atoms with Gasteiger partial charge < -0.3 is 0 Å². The Bertz CT molecular complexity index is 413. The Labute approximate surface area is 101 Å². The van der Waals surface area contributed by atoms with E-state index in [2.05, 4.69) is 10.4 Å². The normalized spacial score (nSPS) is 12.9. The summed E-state index contributed by atoms with van der Waals surface area (Å²) in [5, 5.41) is 0. The van der Waals surface area contributed by atoms with Crippen LogP contribution in [-0.2, 0) is 6.42 Å². The zero-order valence-corrected chi connectivity index (χ0v) is 10.2. The van der Waals surface area contributed by atoms with Crippen molar-refractivity contribution in [3.63, 3.8) is 0 Å². The van der Waals surface area contributed by atoms with Crippen LogP contribution in [0.4, 0.5) is 0 Å². The highest BCUT2D eigenvalue weighted by Crippen LogP contribution is 2.29. The number of hydrogen-bond donors (Lipinski definition) is 2. The molecule has 80 valence electrons. The zero-order chi connectivity index (χ0) is 10.7. The second-order valence-corrected chi connectivity index (χ2v) is 5.75. The molecule has 0 fully saturated rings. The molecule has 2 rings (SSSR count). The maximum Gasteiger partial charge on any atom is 0.0931 e. The maximum atomic E-state index is 5.88. The lowest BCUT2D eigenvalue weighted by Gasteiger charge is -2.12. The Morgan fingerprint density at radius 3 is 2.93 bits per heavy atom. The maximum absolute atomic E-state index is 5.88. The van der Waals surface area contributed by atoms with Crippen molar-refractivity contribution in [2.45, 2.75) is 12.5 Å². The number of nitrogens with zero attached hydrogens (tertiary/aromatic N) is 1. The standard InChI is InChI=1S/C9H10ClN3S2/c10-9-2-1-8(15-9)7(13-11)3-6-4-12-5-14-6/h1-2,4-5,7,13H,3,11H2. The Balaban J connectivity index is 2.11. The number of rotatable bonds is 4. The van der Waals surface area contributed by atoms with Gasteiger partial charge in [0.25, 0.3) is 0 Å². The third-order valence-electron chi connectivity index (χ3n) is 2.03. The zero-order valence-electron chi connectivity index (χ0n) is 7.81. The number of thiazole rings is 1. The molecule has 0 saturated heterocycles. The number of halogens is 1. The van der Waals surface area contributed by atoms with Gasteiger partial charge in [0.1, 0.15) is 0 Å². The van der Waals surface area contributed by atoms with Crippen LogP contribution < -0.4 is 11.3 Å². The summed E-state index contributed by atoms with van der Waals surface area (Å²) in [7, 11) is 0. The third kappa shape index (κ3) is 2.76. The summed E-state index contributed by atoms with van der Waals surface area (Å²) in [5.74, 6) is 5.53. The summed E-state index contributed by atoms with van der Waals surface area (Å²) in [6.45, 7) is 0. The first kappa shape index (κ1) is 11.0. The molecule has 0 amide bonds. The van der Waals surface area contributed by atoms with Crippen LogP contribution in [0.3, 0.4) is 0 Å². The minimum absolute atomic E-state index is 0.114. The molecule has 2 heterocycles. The van der Waals surface area contributed by atoms with Gasteiger partial charge in [-0.25, -0.2) is 0 Å². The molecule has 0 radical (unpaired) electrons. The highest BCUT2D eigenvalue weighted by molar-refractivity contribution is 7.16. The lowest BCUT2D eigenvalue weighted by molar-refractivity contribution is 0.564. The van der Waals surface area contributed by atoms with E-state index in [1.165, 1.54) is 4.88 Å². The quantitative estimate of drug-likeness (QED) is 0.656. The molecule has 6 heteroatoms. The van der Waals surface area contributed by atoms with Gasteiger partial charge in [-0.2, -0.15) is 0 Å². The van der Waals surface area contributed by atoms with Gasteiger partial charge in [-0.1, -0.05) is 11.6 Å². The molecule has 0 saturated carbocycles. The Hall–Kier alpha value is -0.460. The smallest absolute Gasteiger partial charge is 0.0931 e. The molecule has 0 aromatic carbocycles. The van der Waals surface area contributed by atoms with Crippen LogP contribution in [0.15, 0.2) is 23.8 Å². The van der Waals surface area contributed by atoms with Crippen LogP contribution in [0.5, 0.6) is 0 Å². The first-order valence-corrected chi connectivity index (χ1v) is 6.45. The van der Waals surface area contributed by atoms with Crippen LogP contribution in [0.25, 0.3) is 0 Å². The summed E-state index contributed by atoms with van der Waals surface area (Å²) in [6, 6.07) is 4.00. The van der Waals surface area contributed by atoms with Gasteiger partial charge in [0.2, 0.25) is 0 Å². The van der Waals surface area contributed by atoms with E-state index in [9.17, 15) is 0 Å². The van der Waals surface area contributed by atoms with Gasteiger partial charge in [-0.05, 0) is 12.1 Å². The topological polar surface area (TPSA) is 50.9 Å². The molecule has 1 atom stereocenters. The molecule has 2 aromatic heterocycles. The lowest BCUT2D eigenvalue weighted by atomic mass is 10.1. The molecule has 15 heavy (non-hydrogen) atoms. The fourth-order valence-corrected chi connectivity index (χ4v) is 3.06. The molecule has 0 aliphatic heterocycles. The number of hydrogen-bond acceptors (Lipinski definition) is 5. The van der Waals surface area contributed by atoms with Crippen molar-refractivity contribution in [3.05, 3.63) is 37.9 Å². The van der Waals surface area contributed by atoms with E-state index in [-0.39, 0.29) is 6.04 Å². The molecule has 1 unspecified atom stereocenters. The summed E-state index contributed by atoms with van der Waals surface area (Å²) in [5.41, 5.74) is 4.62. The van der Waals surface area contributed by atoms with Crippen molar-refractivity contribution >= 4 is 34.3 Å². The minimum atomic E-state index is 0.114. The summed E-state index contributed by atoms with van der Waals surface area (Å²) >= 11 is 9.07. The van der Waals surface area contributed by atoms with Gasteiger partial charge in [0.05, 0.1) is 15.9 Å². The van der Waals surface area contributed by atoms with Crippen LogP contribution in [0.2, 0.25) is 4.34 Å². The van der Waals surface area contributed by atoms with E-state index in [1.54, 1.807) is 22.7 Å². The van der Waals surface area contributed by atoms with Crippen LogP contribution in [-0.4, -0.2) is 4.98 Å². The fourth-order valence-electron chi connectivity index (χ4n) is 1.30. The molecule has 0 aliphatic carbocycles. The number of thiophene rings is 1. The Morgan fingerprint density at radius 1 is 1.53 bits per heavy atom. The molecule has 0 bridgehead atoms. The van der Waals surface area contributed by atoms with Crippen molar-refractivity contribution in [2.24, 2.45) is 5.84 Å². The number of aromatic nitrogens is 1. The van der Waals surface area contributed by atoms with Crippen LogP contribution in [0.1, 0.15) is 15.8 Å². The molecule has 2 aromatic rings. The van der Waals surface area contributed by atoms with Gasteiger partial charge in [0, 0.05) is 22.4 Å². The first-order chi connectivity index (χ1) is 7.29. The Kier molecular flexibility index (Phi) is 3.71. The summed E-state index contributed by atoms with van der Waals surface area (Å²) in [6.07, 6.45) is 2.71. The molecular formula is C9H10ClN3S2. The molecule has 3 nitrogen and oxygen atoms in total. The molecular weight excluding hydrogens is 250 g/mol. The molecule has 0 spiro atoms. The predicted molar refractivity (Wildman–Crippen MR) is 65.2 cm³/mol. The highest BCUT2D eigenvalue weighted by Gasteiger charge is 2.13. The van der Waals surface area contributed by atoms with E-state index in [1.807, 2.05) is 23.8 Å². The average molecular weight is 260 g/mol. The SMILES string of the molecule is NNC(Cc1cncs1)c1ccc(Cl)s1. The van der Waals surface area contributed by atoms with E-state index < -0.39 is 0 Å². The largest absolute Gasteiger partial charge is 0.271 e. The predicted octanol–water partition coefficient (Wildman–Crippen LogP) is 2.61. The lowest BCUT2D eigenvalue weighted by Crippen LogP contribution is -2.28. The van der Waals surface area contributed by atoms with Crippen LogP contribution >= 0.6 is 34.3 Å². The van der Waals surface area contributed by atoms with Crippen LogP contribution in [0, 0.1) is 0 Å². The average Bonchev–Trinajstić information content (AvgIpc) is 2.85.